The molecule has 0 aromatic carbocycles. The minimum atomic E-state index is -1.21. The van der Waals surface area contributed by atoms with Crippen molar-refractivity contribution in [2.24, 2.45) is 5.92 Å². The van der Waals surface area contributed by atoms with Gasteiger partial charge in [-0.2, -0.15) is 0 Å². The number of unbranched alkanes of at least 4 members (excludes halogenated alkanes) is 1. The van der Waals surface area contributed by atoms with Gasteiger partial charge in [0.1, 0.15) is 24.9 Å². The second kappa shape index (κ2) is 20.2. The predicted octanol–water partition coefficient (Wildman–Crippen LogP) is -0.853. The van der Waals surface area contributed by atoms with Crippen molar-refractivity contribution in [3.8, 4) is 0 Å². The first kappa shape index (κ1) is 40.1. The summed E-state index contributed by atoms with van der Waals surface area (Å²) in [6.07, 6.45) is -4.45. The maximum Gasteiger partial charge on any atom is 0.315 e. The van der Waals surface area contributed by atoms with E-state index in [4.69, 9.17) is 33.2 Å². The van der Waals surface area contributed by atoms with Crippen molar-refractivity contribution in [2.45, 2.75) is 95.9 Å². The molecule has 1 aliphatic heterocycles. The molecule has 2 fully saturated rings. The maximum absolute atomic E-state index is 12.4. The van der Waals surface area contributed by atoms with E-state index in [9.17, 15) is 29.1 Å². The summed E-state index contributed by atoms with van der Waals surface area (Å²) in [4.78, 5) is 59.7. The zero-order valence-electron chi connectivity index (χ0n) is 26.1. The van der Waals surface area contributed by atoms with Crippen LogP contribution in [0, 0.1) is 5.92 Å². The molecule has 9 atom stereocenters. The van der Waals surface area contributed by atoms with E-state index in [1.54, 1.807) is 7.11 Å². The van der Waals surface area contributed by atoms with Crippen LogP contribution in [0.2, 0.25) is 0 Å². The smallest absolute Gasteiger partial charge is 0.315 e. The molecule has 1 unspecified atom stereocenters. The molecule has 16 nitrogen and oxygen atoms in total. The van der Waals surface area contributed by atoms with Gasteiger partial charge in [-0.25, -0.2) is 4.79 Å². The van der Waals surface area contributed by atoms with Crippen LogP contribution in [0.4, 0.5) is 4.79 Å². The molecule has 0 aromatic heterocycles. The first-order valence-electron chi connectivity index (χ1n) is 14.1. The second-order valence-corrected chi connectivity index (χ2v) is 10.4. The molecular weight excluding hydrogens is 663 g/mol. The SMILES string of the molecule is COC[C@H]1C[C@H](NC(=O)NCCCCO[C@@H]2O[C@H](COC(C)=O)[C@H](OC(C)=O)[C@H](OC(C)=O)[C@H]2NC(C)=O)[C@@H](OC)C1O.[Y]. The maximum atomic E-state index is 12.4. The number of carbonyl (C=O) groups excluding carboxylic acids is 5. The topological polar surface area (TPSA) is 206 Å². The molecule has 249 valence electrons. The van der Waals surface area contributed by atoms with Crippen molar-refractivity contribution in [3.05, 3.63) is 0 Å². The quantitative estimate of drug-likeness (QED) is 0.0931. The van der Waals surface area contributed by atoms with Crippen LogP contribution in [-0.4, -0.2) is 124 Å². The van der Waals surface area contributed by atoms with E-state index in [-0.39, 0.29) is 57.9 Å². The van der Waals surface area contributed by atoms with Crippen LogP contribution in [0.5, 0.6) is 0 Å². The molecular formula is C27H45N3O13Y. The molecule has 44 heavy (non-hydrogen) atoms. The average molecular weight is 709 g/mol. The first-order valence-corrected chi connectivity index (χ1v) is 14.1. The molecule has 1 heterocycles. The van der Waals surface area contributed by atoms with Crippen LogP contribution in [0.15, 0.2) is 0 Å². The molecule has 1 radical (unpaired) electrons. The first-order chi connectivity index (χ1) is 20.4. The van der Waals surface area contributed by atoms with E-state index in [0.29, 0.717) is 32.4 Å². The van der Waals surface area contributed by atoms with E-state index in [0.717, 1.165) is 13.8 Å². The molecule has 0 bridgehead atoms. The molecule has 3 amide bonds. The monoisotopic (exact) mass is 708 g/mol. The normalized spacial score (nSPS) is 29.5. The zero-order chi connectivity index (χ0) is 32.1. The Balaban J connectivity index is 0.00000968. The average Bonchev–Trinajstić information content (AvgIpc) is 3.20. The summed E-state index contributed by atoms with van der Waals surface area (Å²) >= 11 is 0. The Morgan fingerprint density at radius 1 is 0.864 bits per heavy atom. The van der Waals surface area contributed by atoms with E-state index >= 15 is 0 Å². The Labute approximate surface area is 282 Å². The minimum absolute atomic E-state index is 0. The molecule has 0 spiro atoms. The Morgan fingerprint density at radius 2 is 1.52 bits per heavy atom. The van der Waals surface area contributed by atoms with Crippen molar-refractivity contribution in [1.82, 2.24) is 16.0 Å². The third-order valence-corrected chi connectivity index (χ3v) is 6.95. The Bertz CT molecular complexity index is 958. The summed E-state index contributed by atoms with van der Waals surface area (Å²) in [6.45, 7) is 5.22. The van der Waals surface area contributed by atoms with Crippen LogP contribution in [0.1, 0.15) is 47.0 Å². The number of esters is 3. The second-order valence-electron chi connectivity index (χ2n) is 10.4. The van der Waals surface area contributed by atoms with Gasteiger partial charge in [0.2, 0.25) is 5.91 Å². The molecule has 1 aliphatic carbocycles. The molecule has 1 saturated carbocycles. The number of amides is 3. The molecule has 17 heteroatoms. The third kappa shape index (κ3) is 12.8. The number of nitrogens with one attached hydrogen (secondary N) is 3. The molecule has 2 rings (SSSR count). The van der Waals surface area contributed by atoms with Gasteiger partial charge in [-0.1, -0.05) is 0 Å². The fraction of sp³-hybridized carbons (Fsp3) is 0.815. The van der Waals surface area contributed by atoms with Crippen LogP contribution in [-0.2, 0) is 85.0 Å². The van der Waals surface area contributed by atoms with E-state index in [1.807, 2.05) is 0 Å². The van der Waals surface area contributed by atoms with Gasteiger partial charge in [-0.15, -0.1) is 0 Å². The van der Waals surface area contributed by atoms with E-state index in [1.165, 1.54) is 21.0 Å². The summed E-state index contributed by atoms with van der Waals surface area (Å²) in [6, 6.07) is -1.84. The van der Waals surface area contributed by atoms with Crippen LogP contribution in [0.25, 0.3) is 0 Å². The number of hydrogen-bond donors (Lipinski definition) is 4. The van der Waals surface area contributed by atoms with Crippen molar-refractivity contribution < 1.29 is 94.9 Å². The van der Waals surface area contributed by atoms with Crippen molar-refractivity contribution >= 4 is 29.8 Å². The number of urea groups is 1. The van der Waals surface area contributed by atoms with Gasteiger partial charge in [0.05, 0.1) is 18.8 Å². The number of rotatable bonds is 15. The fourth-order valence-corrected chi connectivity index (χ4v) is 5.21. The summed E-state index contributed by atoms with van der Waals surface area (Å²) in [5.41, 5.74) is 0. The van der Waals surface area contributed by atoms with Gasteiger partial charge in [0.15, 0.2) is 18.5 Å². The standard InChI is InChI=1S/C27H45N3O13.Y/c1-14(31)29-21-25(42-17(4)34)24(41-16(3)33)20(13-40-15(2)32)43-26(21)39-10-8-7-9-28-27(36)30-19-11-18(12-37-5)22(35)23(19)38-6;/h18-26,35H,7-13H2,1-6H3,(H,29,31)(H2,28,30,36);/t18-,19+,20-,21-,22?,23-,24+,25-,26-;/m1./s1. The molecule has 1 saturated heterocycles. The van der Waals surface area contributed by atoms with E-state index in [2.05, 4.69) is 16.0 Å². The Kier molecular flexibility index (Phi) is 18.4. The predicted molar refractivity (Wildman–Crippen MR) is 146 cm³/mol. The Hall–Kier alpha value is -1.95. The van der Waals surface area contributed by atoms with Gasteiger partial charge in [0.25, 0.3) is 0 Å². The summed E-state index contributed by atoms with van der Waals surface area (Å²) < 4.78 is 38.2. The number of hydrogen-bond acceptors (Lipinski definition) is 13. The van der Waals surface area contributed by atoms with Gasteiger partial charge in [0, 0.05) is 93.7 Å². The van der Waals surface area contributed by atoms with E-state index < -0.39 is 72.7 Å². The number of aliphatic hydroxyl groups excluding tert-OH is 1. The summed E-state index contributed by atoms with van der Waals surface area (Å²) in [5.74, 6) is -2.64. The van der Waals surface area contributed by atoms with Gasteiger partial charge in [-0.3, -0.25) is 19.2 Å². The van der Waals surface area contributed by atoms with Gasteiger partial charge in [-0.05, 0) is 19.3 Å². The molecule has 0 aromatic rings. The third-order valence-electron chi connectivity index (χ3n) is 6.95. The number of carbonyl (C=O) groups is 5. The van der Waals surface area contributed by atoms with Crippen LogP contribution in [0.3, 0.4) is 0 Å². The summed E-state index contributed by atoms with van der Waals surface area (Å²) in [5, 5.41) is 18.6. The summed E-state index contributed by atoms with van der Waals surface area (Å²) in [7, 11) is 3.02. The Morgan fingerprint density at radius 3 is 2.09 bits per heavy atom. The number of ether oxygens (including phenoxy) is 7. The van der Waals surface area contributed by atoms with Crippen molar-refractivity contribution in [3.63, 3.8) is 0 Å². The fourth-order valence-electron chi connectivity index (χ4n) is 5.21. The largest absolute Gasteiger partial charge is 0.463 e. The number of methoxy groups -OCH3 is 2. The van der Waals surface area contributed by atoms with Crippen molar-refractivity contribution in [2.75, 3.05) is 40.6 Å². The zero-order valence-corrected chi connectivity index (χ0v) is 28.9. The van der Waals surface area contributed by atoms with Crippen LogP contribution >= 0.6 is 0 Å². The number of aliphatic hydroxyl groups is 1. The van der Waals surface area contributed by atoms with Crippen LogP contribution < -0.4 is 16.0 Å². The van der Waals surface area contributed by atoms with Gasteiger partial charge < -0.3 is 54.2 Å². The van der Waals surface area contributed by atoms with Gasteiger partial charge >= 0.3 is 23.9 Å². The minimum Gasteiger partial charge on any atom is -0.463 e. The van der Waals surface area contributed by atoms with Crippen molar-refractivity contribution in [1.29, 1.82) is 0 Å². The molecule has 2 aliphatic rings. The molecule has 4 N–H and O–H groups in total.